The van der Waals surface area contributed by atoms with Crippen molar-refractivity contribution in [2.24, 2.45) is 0 Å². The van der Waals surface area contributed by atoms with Crippen LogP contribution in [0.5, 0.6) is 0 Å². The summed E-state index contributed by atoms with van der Waals surface area (Å²) in [7, 11) is 0. The first-order chi connectivity index (χ1) is 12.5. The van der Waals surface area contributed by atoms with Crippen LogP contribution in [-0.2, 0) is 0 Å². The summed E-state index contributed by atoms with van der Waals surface area (Å²) >= 11 is 12.1. The maximum atomic E-state index is 13.2. The molecular weight excluding hydrogens is 373 g/mol. The lowest BCUT2D eigenvalue weighted by molar-refractivity contribution is 0.0953. The molecule has 1 amide bonds. The van der Waals surface area contributed by atoms with Crippen LogP contribution >= 0.6 is 23.2 Å². The van der Waals surface area contributed by atoms with Crippen molar-refractivity contribution in [3.63, 3.8) is 0 Å². The molecule has 0 saturated heterocycles. The van der Waals surface area contributed by atoms with Crippen LogP contribution in [-0.4, -0.2) is 32.2 Å². The van der Waals surface area contributed by atoms with E-state index in [1.807, 2.05) is 26.0 Å². The minimum atomic E-state index is -0.170. The van der Waals surface area contributed by atoms with Gasteiger partial charge in [-0.15, -0.1) is 0 Å². The second-order valence-corrected chi connectivity index (χ2v) is 7.07. The van der Waals surface area contributed by atoms with Gasteiger partial charge in [-0.25, -0.2) is 4.98 Å². The number of halogens is 2. The Balaban J connectivity index is 1.82. The van der Waals surface area contributed by atoms with Gasteiger partial charge < -0.3 is 0 Å². The van der Waals surface area contributed by atoms with Crippen molar-refractivity contribution >= 4 is 34.9 Å². The Morgan fingerprint density at radius 3 is 2.69 bits per heavy atom. The first-order valence-electron chi connectivity index (χ1n) is 8.09. The van der Waals surface area contributed by atoms with Crippen LogP contribution in [0.4, 0.5) is 5.82 Å². The summed E-state index contributed by atoms with van der Waals surface area (Å²) in [6.07, 6.45) is 4.91. The number of rotatable bonds is 2. The minimum absolute atomic E-state index is 0.00404. The van der Waals surface area contributed by atoms with Gasteiger partial charge in [-0.1, -0.05) is 23.2 Å². The molecule has 1 aliphatic heterocycles. The number of hydrogen-bond donors (Lipinski definition) is 0. The van der Waals surface area contributed by atoms with E-state index in [2.05, 4.69) is 15.1 Å². The third-order valence-electron chi connectivity index (χ3n) is 4.39. The van der Waals surface area contributed by atoms with Gasteiger partial charge in [-0.05, 0) is 31.5 Å². The molecule has 3 aromatic heterocycles. The van der Waals surface area contributed by atoms with Gasteiger partial charge in [0.2, 0.25) is 0 Å². The molecule has 4 rings (SSSR count). The summed E-state index contributed by atoms with van der Waals surface area (Å²) in [6, 6.07) is 5.41. The average Bonchev–Trinajstić information content (AvgIpc) is 3.06. The Hall–Kier alpha value is -2.44. The predicted octanol–water partition coefficient (Wildman–Crippen LogP) is 4.18. The highest BCUT2D eigenvalue weighted by Gasteiger charge is 2.34. The van der Waals surface area contributed by atoms with Crippen molar-refractivity contribution < 1.29 is 4.79 Å². The van der Waals surface area contributed by atoms with E-state index in [4.69, 9.17) is 23.2 Å². The summed E-state index contributed by atoms with van der Waals surface area (Å²) in [5, 5.41) is 5.15. The van der Waals surface area contributed by atoms with E-state index in [-0.39, 0.29) is 11.9 Å². The van der Waals surface area contributed by atoms with Crippen LogP contribution in [0, 0.1) is 6.92 Å². The highest BCUT2D eigenvalue weighted by molar-refractivity contribution is 6.42. The summed E-state index contributed by atoms with van der Waals surface area (Å²) < 4.78 is 1.77. The fourth-order valence-electron chi connectivity index (χ4n) is 3.14. The number of aryl methyl sites for hydroxylation is 1. The number of pyridine rings is 2. The summed E-state index contributed by atoms with van der Waals surface area (Å²) in [6.45, 7) is 4.37. The van der Waals surface area contributed by atoms with Gasteiger partial charge in [-0.2, -0.15) is 5.10 Å². The molecule has 0 aliphatic carbocycles. The van der Waals surface area contributed by atoms with Gasteiger partial charge in [0.05, 0.1) is 22.3 Å². The van der Waals surface area contributed by atoms with Gasteiger partial charge in [0.1, 0.15) is 11.5 Å². The predicted molar refractivity (Wildman–Crippen MR) is 101 cm³/mol. The summed E-state index contributed by atoms with van der Waals surface area (Å²) in [4.78, 5) is 23.3. The Morgan fingerprint density at radius 2 is 1.96 bits per heavy atom. The molecule has 26 heavy (non-hydrogen) atoms. The molecule has 6 nitrogen and oxygen atoms in total. The van der Waals surface area contributed by atoms with E-state index in [0.29, 0.717) is 28.1 Å². The minimum Gasteiger partial charge on any atom is -0.289 e. The van der Waals surface area contributed by atoms with E-state index >= 15 is 0 Å². The summed E-state index contributed by atoms with van der Waals surface area (Å²) in [5.74, 6) is 0.302. The zero-order chi connectivity index (χ0) is 18.4. The monoisotopic (exact) mass is 387 g/mol. The molecule has 0 fully saturated rings. The van der Waals surface area contributed by atoms with Crippen molar-refractivity contribution in [3.05, 3.63) is 58.2 Å². The molecule has 1 aliphatic rings. The fourth-order valence-corrected chi connectivity index (χ4v) is 3.39. The lowest BCUT2D eigenvalue weighted by Crippen LogP contribution is -2.43. The third-order valence-corrected chi connectivity index (χ3v) is 5.10. The molecule has 1 atom stereocenters. The zero-order valence-electron chi connectivity index (χ0n) is 14.1. The van der Waals surface area contributed by atoms with E-state index < -0.39 is 0 Å². The van der Waals surface area contributed by atoms with Crippen molar-refractivity contribution in [2.75, 3.05) is 11.4 Å². The van der Waals surface area contributed by atoms with Gasteiger partial charge in [0.25, 0.3) is 5.91 Å². The maximum Gasteiger partial charge on any atom is 0.278 e. The van der Waals surface area contributed by atoms with Gasteiger partial charge >= 0.3 is 0 Å². The highest BCUT2D eigenvalue weighted by atomic mass is 35.5. The second-order valence-electron chi connectivity index (χ2n) is 6.26. The standard InChI is InChI=1S/C18H15Cl2N5O/c1-10-5-12(3-4-21-10)13-7-23-25-11(2)9-24(18(26)17(13)25)16-6-14(19)15(20)8-22-16/h3-8,11H,9H2,1-2H3/t11-/m0/s1. The molecule has 8 heteroatoms. The Bertz CT molecular complexity index is 1020. The second kappa shape index (κ2) is 6.37. The van der Waals surface area contributed by atoms with E-state index in [1.165, 1.54) is 6.20 Å². The van der Waals surface area contributed by atoms with E-state index in [0.717, 1.165) is 16.8 Å². The van der Waals surface area contributed by atoms with Gasteiger partial charge in [0, 0.05) is 36.3 Å². The Morgan fingerprint density at radius 1 is 1.15 bits per heavy atom. The molecule has 0 aromatic carbocycles. The number of anilines is 1. The Labute approximate surface area is 160 Å². The van der Waals surface area contributed by atoms with Gasteiger partial charge in [-0.3, -0.25) is 19.4 Å². The van der Waals surface area contributed by atoms with Crippen LogP contribution in [0.25, 0.3) is 11.1 Å². The molecule has 132 valence electrons. The molecule has 4 heterocycles. The van der Waals surface area contributed by atoms with Crippen LogP contribution in [0.15, 0.2) is 36.8 Å². The lowest BCUT2D eigenvalue weighted by atomic mass is 10.0. The number of amides is 1. The van der Waals surface area contributed by atoms with Crippen LogP contribution in [0.2, 0.25) is 10.0 Å². The van der Waals surface area contributed by atoms with Crippen LogP contribution in [0.1, 0.15) is 29.1 Å². The SMILES string of the molecule is Cc1cc(-c2cnn3c2C(=O)N(c2cc(Cl)c(Cl)cn2)C[C@@H]3C)ccn1. The topological polar surface area (TPSA) is 63.9 Å². The fraction of sp³-hybridized carbons (Fsp3) is 0.222. The maximum absolute atomic E-state index is 13.2. The van der Waals surface area contributed by atoms with Crippen molar-refractivity contribution in [1.82, 2.24) is 19.7 Å². The summed E-state index contributed by atoms with van der Waals surface area (Å²) in [5.41, 5.74) is 3.09. The first-order valence-corrected chi connectivity index (χ1v) is 8.84. The normalized spacial score (nSPS) is 16.7. The molecule has 0 N–H and O–H groups in total. The van der Waals surface area contributed by atoms with Crippen molar-refractivity contribution in [1.29, 1.82) is 0 Å². The lowest BCUT2D eigenvalue weighted by Gasteiger charge is -2.31. The number of carbonyl (C=O) groups is 1. The largest absolute Gasteiger partial charge is 0.289 e. The molecule has 0 bridgehead atoms. The Kier molecular flexibility index (Phi) is 4.17. The van der Waals surface area contributed by atoms with Gasteiger partial charge in [0.15, 0.2) is 0 Å². The quantitative estimate of drug-likeness (QED) is 0.661. The molecule has 0 radical (unpaired) electrons. The highest BCUT2D eigenvalue weighted by Crippen LogP contribution is 2.33. The molecule has 0 saturated carbocycles. The number of hydrogen-bond acceptors (Lipinski definition) is 4. The molecule has 3 aromatic rings. The number of aromatic nitrogens is 4. The zero-order valence-corrected chi connectivity index (χ0v) is 15.7. The van der Waals surface area contributed by atoms with Crippen molar-refractivity contribution in [3.8, 4) is 11.1 Å². The molecule has 0 spiro atoms. The molecule has 0 unspecified atom stereocenters. The van der Waals surface area contributed by atoms with Crippen LogP contribution in [0.3, 0.4) is 0 Å². The van der Waals surface area contributed by atoms with E-state index in [1.54, 1.807) is 28.0 Å². The number of fused-ring (bicyclic) bond motifs is 1. The number of carbonyl (C=O) groups excluding carboxylic acids is 1. The van der Waals surface area contributed by atoms with E-state index in [9.17, 15) is 4.79 Å². The smallest absolute Gasteiger partial charge is 0.278 e. The van der Waals surface area contributed by atoms with Crippen molar-refractivity contribution in [2.45, 2.75) is 19.9 Å². The molecular formula is C18H15Cl2N5O. The van der Waals surface area contributed by atoms with Crippen LogP contribution < -0.4 is 4.90 Å². The first kappa shape index (κ1) is 17.0. The average molecular weight is 388 g/mol. The number of nitrogens with zero attached hydrogens (tertiary/aromatic N) is 5. The third kappa shape index (κ3) is 2.75.